The minimum absolute atomic E-state index is 0.291. The molecule has 0 bridgehead atoms. The number of aromatic nitrogens is 2. The van der Waals surface area contributed by atoms with Crippen LogP contribution in [0.2, 0.25) is 0 Å². The van der Waals surface area contributed by atoms with E-state index < -0.39 is 53.3 Å². The van der Waals surface area contributed by atoms with Gasteiger partial charge in [-0.25, -0.2) is 4.79 Å². The van der Waals surface area contributed by atoms with Gasteiger partial charge in [0.25, 0.3) is 5.56 Å². The molecule has 0 unspecified atom stereocenters. The summed E-state index contributed by atoms with van der Waals surface area (Å²) in [5.74, 6) is -1.79. The van der Waals surface area contributed by atoms with Gasteiger partial charge in [0.1, 0.15) is 24.4 Å². The number of Topliss-reactive ketones (excluding diaryl/α,β-unsaturated/α-hetero) is 1. The maximum Gasteiger partial charge on any atom is 0.423 e. The van der Waals surface area contributed by atoms with E-state index in [0.29, 0.717) is 10.8 Å². The Morgan fingerprint density at radius 1 is 1.42 bits per heavy atom. The Morgan fingerprint density at radius 2 is 2.04 bits per heavy atom. The summed E-state index contributed by atoms with van der Waals surface area (Å²) in [6.07, 6.45) is -7.66. The summed E-state index contributed by atoms with van der Waals surface area (Å²) in [7, 11) is 0. The third kappa shape index (κ3) is 3.91. The number of nitrogens with zero attached hydrogens (tertiary/aromatic N) is 1. The summed E-state index contributed by atoms with van der Waals surface area (Å²) in [4.78, 5) is 36.1. The lowest BCUT2D eigenvalue weighted by atomic mass is 10.1. The van der Waals surface area contributed by atoms with Crippen molar-refractivity contribution in [1.82, 2.24) is 9.55 Å². The predicted octanol–water partition coefficient (Wildman–Crippen LogP) is -0.363. The molecule has 2 N–H and O–H groups in total. The van der Waals surface area contributed by atoms with Gasteiger partial charge in [-0.05, 0) is 13.8 Å². The average molecular weight is 352 g/mol. The van der Waals surface area contributed by atoms with Crippen molar-refractivity contribution in [2.75, 3.05) is 6.61 Å². The molecular weight excluding hydrogens is 337 g/mol. The molecule has 134 valence electrons. The third-order valence-electron chi connectivity index (χ3n) is 3.34. The Labute approximate surface area is 132 Å². The van der Waals surface area contributed by atoms with Crippen LogP contribution in [-0.4, -0.2) is 45.0 Å². The molecule has 0 aliphatic carbocycles. The highest BCUT2D eigenvalue weighted by Gasteiger charge is 2.40. The van der Waals surface area contributed by atoms with E-state index in [2.05, 4.69) is 0 Å². The Morgan fingerprint density at radius 3 is 2.62 bits per heavy atom. The van der Waals surface area contributed by atoms with Crippen LogP contribution in [0.15, 0.2) is 15.8 Å². The Balaban J connectivity index is 2.29. The molecule has 0 radical (unpaired) electrons. The molecule has 1 aromatic heterocycles. The molecule has 1 aliphatic heterocycles. The summed E-state index contributed by atoms with van der Waals surface area (Å²) in [6, 6.07) is 0. The molecule has 24 heavy (non-hydrogen) atoms. The van der Waals surface area contributed by atoms with E-state index in [0.717, 1.165) is 0 Å². The average Bonchev–Trinajstić information content (AvgIpc) is 2.43. The summed E-state index contributed by atoms with van der Waals surface area (Å²) < 4.78 is 48.9. The first-order valence-electron chi connectivity index (χ1n) is 6.84. The second-order valence-electron chi connectivity index (χ2n) is 5.71. The Hall–Kier alpha value is -1.98. The minimum Gasteiger partial charge on any atom is -0.388 e. The number of H-pyrrole nitrogens is 1. The maximum atomic E-state index is 12.7. The van der Waals surface area contributed by atoms with Crippen molar-refractivity contribution in [3.05, 3.63) is 32.6 Å². The smallest absolute Gasteiger partial charge is 0.388 e. The van der Waals surface area contributed by atoms with E-state index in [4.69, 9.17) is 9.47 Å². The number of carbonyl (C=O) groups is 1. The molecular formula is C13H15F3N2O6. The van der Waals surface area contributed by atoms with Crippen LogP contribution in [-0.2, 0) is 27.0 Å². The molecule has 0 saturated carbocycles. The molecule has 1 fully saturated rings. The van der Waals surface area contributed by atoms with E-state index >= 15 is 0 Å². The molecule has 0 amide bonds. The molecule has 11 heteroatoms. The lowest BCUT2D eigenvalue weighted by Crippen LogP contribution is -2.52. The predicted molar refractivity (Wildman–Crippen MR) is 72.2 cm³/mol. The van der Waals surface area contributed by atoms with Crippen LogP contribution < -0.4 is 11.2 Å². The number of aliphatic hydroxyl groups excluding tert-OH is 1. The van der Waals surface area contributed by atoms with Gasteiger partial charge in [0, 0.05) is 6.20 Å². The molecule has 1 saturated heterocycles. The molecule has 2 rings (SSSR count). The van der Waals surface area contributed by atoms with Crippen molar-refractivity contribution in [3.8, 4) is 0 Å². The summed E-state index contributed by atoms with van der Waals surface area (Å²) in [6.45, 7) is 1.97. The first kappa shape index (κ1) is 18.4. The highest BCUT2D eigenvalue weighted by atomic mass is 19.4. The number of ketones is 1. The van der Waals surface area contributed by atoms with Gasteiger partial charge in [0.2, 0.25) is 0 Å². The second kappa shape index (κ2) is 6.15. The minimum atomic E-state index is -4.97. The lowest BCUT2D eigenvalue weighted by Gasteiger charge is -2.36. The van der Waals surface area contributed by atoms with Crippen molar-refractivity contribution in [2.24, 2.45) is 0 Å². The van der Waals surface area contributed by atoms with Crippen LogP contribution in [0.1, 0.15) is 19.4 Å². The highest BCUT2D eigenvalue weighted by molar-refractivity contribution is 5.85. The van der Waals surface area contributed by atoms with Crippen LogP contribution in [0.3, 0.4) is 0 Å². The number of aromatic amines is 1. The van der Waals surface area contributed by atoms with Gasteiger partial charge in [-0.1, -0.05) is 0 Å². The number of halogens is 3. The van der Waals surface area contributed by atoms with E-state index in [1.807, 2.05) is 0 Å². The molecule has 1 aromatic rings. The molecule has 2 atom stereocenters. The molecule has 2 heterocycles. The van der Waals surface area contributed by atoms with Gasteiger partial charge in [-0.15, -0.1) is 0 Å². The first-order chi connectivity index (χ1) is 10.9. The Kier molecular flexibility index (Phi) is 4.70. The number of aliphatic hydroxyl groups is 1. The number of hydrogen-bond acceptors (Lipinski definition) is 6. The highest BCUT2D eigenvalue weighted by Crippen LogP contribution is 2.26. The molecule has 8 nitrogen and oxygen atoms in total. The SMILES string of the molecule is CC1(C)OCC(=O)[C@H]([C@@H](O)Cn2cc(C(F)(F)F)c(=O)[nH]c2=O)O1. The topological polar surface area (TPSA) is 111 Å². The number of alkyl halides is 3. The van der Waals surface area contributed by atoms with Crippen molar-refractivity contribution in [3.63, 3.8) is 0 Å². The zero-order chi connectivity index (χ0) is 18.3. The first-order valence-corrected chi connectivity index (χ1v) is 6.84. The number of rotatable bonds is 3. The van der Waals surface area contributed by atoms with E-state index in [9.17, 15) is 32.7 Å². The monoisotopic (exact) mass is 352 g/mol. The van der Waals surface area contributed by atoms with Gasteiger partial charge in [-0.2, -0.15) is 13.2 Å². The Bertz CT molecular complexity index is 751. The van der Waals surface area contributed by atoms with Gasteiger partial charge in [-0.3, -0.25) is 19.1 Å². The van der Waals surface area contributed by atoms with Crippen LogP contribution in [0.25, 0.3) is 0 Å². The zero-order valence-electron chi connectivity index (χ0n) is 12.7. The summed E-state index contributed by atoms with van der Waals surface area (Å²) in [5, 5.41) is 10.1. The van der Waals surface area contributed by atoms with Gasteiger partial charge in [0.05, 0.1) is 6.54 Å². The van der Waals surface area contributed by atoms with Gasteiger partial charge < -0.3 is 14.6 Å². The zero-order valence-corrected chi connectivity index (χ0v) is 12.7. The largest absolute Gasteiger partial charge is 0.423 e. The molecule has 1 aliphatic rings. The summed E-state index contributed by atoms with van der Waals surface area (Å²) >= 11 is 0. The lowest BCUT2D eigenvalue weighted by molar-refractivity contribution is -0.271. The van der Waals surface area contributed by atoms with Crippen LogP contribution in [0, 0.1) is 0 Å². The van der Waals surface area contributed by atoms with Crippen molar-refractivity contribution in [2.45, 2.75) is 44.6 Å². The van der Waals surface area contributed by atoms with Crippen LogP contribution in [0.5, 0.6) is 0 Å². The number of carbonyl (C=O) groups excluding carboxylic acids is 1. The van der Waals surface area contributed by atoms with Crippen molar-refractivity contribution >= 4 is 5.78 Å². The van der Waals surface area contributed by atoms with Crippen molar-refractivity contribution in [1.29, 1.82) is 0 Å². The van der Waals surface area contributed by atoms with Crippen LogP contribution in [0.4, 0.5) is 13.2 Å². The van der Waals surface area contributed by atoms with Gasteiger partial charge >= 0.3 is 11.9 Å². The van der Waals surface area contributed by atoms with Gasteiger partial charge in [0.15, 0.2) is 11.6 Å². The fourth-order valence-corrected chi connectivity index (χ4v) is 2.17. The van der Waals surface area contributed by atoms with Crippen molar-refractivity contribution < 1.29 is 32.5 Å². The molecule has 0 aromatic carbocycles. The summed E-state index contributed by atoms with van der Waals surface area (Å²) in [5.41, 5.74) is -4.32. The number of hydrogen-bond donors (Lipinski definition) is 2. The standard InChI is InChI=1S/C13H15F3N2O6/c1-12(2)23-5-8(20)9(24-12)7(19)4-18-3-6(13(14,15)16)10(21)17-11(18)22/h3,7,9,19H,4-5H2,1-2H3,(H,17,21,22)/t7-,9-/m0/s1. The van der Waals surface area contributed by atoms with E-state index in [1.54, 1.807) is 0 Å². The fourth-order valence-electron chi connectivity index (χ4n) is 2.17. The number of ether oxygens (including phenoxy) is 2. The fraction of sp³-hybridized carbons (Fsp3) is 0.615. The number of nitrogens with one attached hydrogen (secondary N) is 1. The quantitative estimate of drug-likeness (QED) is 0.768. The second-order valence-corrected chi connectivity index (χ2v) is 5.71. The van der Waals surface area contributed by atoms with E-state index in [-0.39, 0.29) is 6.61 Å². The third-order valence-corrected chi connectivity index (χ3v) is 3.34. The maximum absolute atomic E-state index is 12.7. The van der Waals surface area contributed by atoms with E-state index in [1.165, 1.54) is 18.8 Å². The normalized spacial score (nSPS) is 22.4. The van der Waals surface area contributed by atoms with Crippen LogP contribution >= 0.6 is 0 Å². The molecule has 0 spiro atoms.